The Bertz CT molecular complexity index is 759. The summed E-state index contributed by atoms with van der Waals surface area (Å²) < 4.78 is 26.3. The number of hydrogen-bond donors (Lipinski definition) is 2. The number of carbonyl (C=O) groups excluding carboxylic acids is 1. The van der Waals surface area contributed by atoms with E-state index < -0.39 is 15.9 Å². The van der Waals surface area contributed by atoms with E-state index in [0.29, 0.717) is 10.8 Å². The monoisotopic (exact) mass is 339 g/mol. The first-order valence-corrected chi connectivity index (χ1v) is 8.21. The first kappa shape index (κ1) is 16.4. The maximum Gasteiger partial charge on any atom is 0.241 e. The predicted octanol–water partition coefficient (Wildman–Crippen LogP) is 1.96. The molecule has 6 nitrogen and oxygen atoms in total. The second kappa shape index (κ2) is 6.87. The molecule has 22 heavy (non-hydrogen) atoms. The van der Waals surface area contributed by atoms with Crippen LogP contribution in [0.2, 0.25) is 5.15 Å². The average molecular weight is 340 g/mol. The van der Waals surface area contributed by atoms with E-state index in [2.05, 4.69) is 15.0 Å². The van der Waals surface area contributed by atoms with Crippen LogP contribution in [0.1, 0.15) is 5.56 Å². The van der Waals surface area contributed by atoms with Crippen molar-refractivity contribution in [3.8, 4) is 0 Å². The Balaban J connectivity index is 1.95. The zero-order chi connectivity index (χ0) is 16.2. The summed E-state index contributed by atoms with van der Waals surface area (Å²) in [6, 6.07) is 9.44. The number of pyridine rings is 1. The molecule has 0 fully saturated rings. The Kier molecular flexibility index (Phi) is 5.12. The van der Waals surface area contributed by atoms with Crippen molar-refractivity contribution >= 4 is 33.2 Å². The summed E-state index contributed by atoms with van der Waals surface area (Å²) in [5, 5.41) is 2.82. The quantitative estimate of drug-likeness (QED) is 0.815. The number of nitrogens with one attached hydrogen (secondary N) is 2. The van der Waals surface area contributed by atoms with Crippen molar-refractivity contribution in [2.75, 3.05) is 11.9 Å². The van der Waals surface area contributed by atoms with Crippen molar-refractivity contribution in [2.45, 2.75) is 11.8 Å². The molecule has 0 atom stereocenters. The van der Waals surface area contributed by atoms with Crippen LogP contribution in [0.3, 0.4) is 0 Å². The summed E-state index contributed by atoms with van der Waals surface area (Å²) in [5.74, 6) is -0.500. The first-order valence-electron chi connectivity index (χ1n) is 6.34. The van der Waals surface area contributed by atoms with Crippen molar-refractivity contribution in [3.05, 3.63) is 53.3 Å². The minimum absolute atomic E-state index is 0.110. The number of halogens is 1. The third kappa shape index (κ3) is 4.52. The summed E-state index contributed by atoms with van der Waals surface area (Å²) in [6.07, 6.45) is 1.38. The van der Waals surface area contributed by atoms with Crippen LogP contribution in [-0.2, 0) is 14.8 Å². The third-order valence-corrected chi connectivity index (χ3v) is 4.41. The van der Waals surface area contributed by atoms with Gasteiger partial charge in [-0.15, -0.1) is 0 Å². The number of nitrogens with zero attached hydrogens (tertiary/aromatic N) is 1. The number of carbonyl (C=O) groups is 1. The molecule has 0 aliphatic heterocycles. The number of amides is 1. The van der Waals surface area contributed by atoms with Gasteiger partial charge in [0.25, 0.3) is 0 Å². The molecule has 1 aromatic carbocycles. The van der Waals surface area contributed by atoms with Gasteiger partial charge < -0.3 is 5.32 Å². The van der Waals surface area contributed by atoms with Gasteiger partial charge in [0.1, 0.15) is 5.15 Å². The molecular formula is C14H14ClN3O3S. The molecule has 0 saturated heterocycles. The van der Waals surface area contributed by atoms with Crippen LogP contribution in [0, 0.1) is 6.92 Å². The molecule has 2 aromatic rings. The van der Waals surface area contributed by atoms with Crippen molar-refractivity contribution in [2.24, 2.45) is 0 Å². The second-order valence-corrected chi connectivity index (χ2v) is 6.71. The molecule has 0 unspecified atom stereocenters. The topological polar surface area (TPSA) is 88.2 Å². The lowest BCUT2D eigenvalue weighted by molar-refractivity contribution is -0.115. The summed E-state index contributed by atoms with van der Waals surface area (Å²) in [5.41, 5.74) is 1.39. The van der Waals surface area contributed by atoms with E-state index in [1.165, 1.54) is 24.4 Å². The standard InChI is InChI=1S/C14H14ClN3O3S/c1-10-2-5-12(6-3-10)22(20,21)17-9-14(19)18-11-4-7-13(15)16-8-11/h2-8,17H,9H2,1H3,(H,18,19). The van der Waals surface area contributed by atoms with Crippen molar-refractivity contribution in [1.82, 2.24) is 9.71 Å². The average Bonchev–Trinajstić information content (AvgIpc) is 2.48. The summed E-state index contributed by atoms with van der Waals surface area (Å²) in [4.78, 5) is 15.6. The molecule has 1 aromatic heterocycles. The van der Waals surface area contributed by atoms with Gasteiger partial charge in [0.05, 0.1) is 23.3 Å². The van der Waals surface area contributed by atoms with Crippen LogP contribution in [0.25, 0.3) is 0 Å². The van der Waals surface area contributed by atoms with Crippen molar-refractivity contribution < 1.29 is 13.2 Å². The maximum absolute atomic E-state index is 12.0. The summed E-state index contributed by atoms with van der Waals surface area (Å²) in [6.45, 7) is 1.48. The Morgan fingerprint density at radius 3 is 2.45 bits per heavy atom. The van der Waals surface area contributed by atoms with Crippen molar-refractivity contribution in [1.29, 1.82) is 0 Å². The maximum atomic E-state index is 12.0. The van der Waals surface area contributed by atoms with E-state index in [9.17, 15) is 13.2 Å². The fourth-order valence-electron chi connectivity index (χ4n) is 1.62. The van der Waals surface area contributed by atoms with Gasteiger partial charge in [0, 0.05) is 0 Å². The second-order valence-electron chi connectivity index (χ2n) is 4.56. The summed E-state index contributed by atoms with van der Waals surface area (Å²) in [7, 11) is -3.72. The van der Waals surface area contributed by atoms with Crippen LogP contribution in [0.5, 0.6) is 0 Å². The molecule has 116 valence electrons. The van der Waals surface area contributed by atoms with E-state index in [1.54, 1.807) is 18.2 Å². The number of aryl methyl sites for hydroxylation is 1. The van der Waals surface area contributed by atoms with E-state index in [-0.39, 0.29) is 11.4 Å². The lowest BCUT2D eigenvalue weighted by atomic mass is 10.2. The van der Waals surface area contributed by atoms with Gasteiger partial charge in [0.15, 0.2) is 0 Å². The Morgan fingerprint density at radius 1 is 1.18 bits per heavy atom. The van der Waals surface area contributed by atoms with Gasteiger partial charge in [-0.25, -0.2) is 18.1 Å². The number of hydrogen-bond acceptors (Lipinski definition) is 4. The highest BCUT2D eigenvalue weighted by Gasteiger charge is 2.15. The van der Waals surface area contributed by atoms with Crippen LogP contribution in [0.15, 0.2) is 47.5 Å². The van der Waals surface area contributed by atoms with Gasteiger partial charge in [-0.05, 0) is 31.2 Å². The molecule has 8 heteroatoms. The lowest BCUT2D eigenvalue weighted by Crippen LogP contribution is -2.32. The molecular weight excluding hydrogens is 326 g/mol. The number of aromatic nitrogens is 1. The van der Waals surface area contributed by atoms with E-state index in [0.717, 1.165) is 5.56 Å². The Labute approximate surface area is 133 Å². The van der Waals surface area contributed by atoms with Crippen LogP contribution < -0.4 is 10.0 Å². The van der Waals surface area contributed by atoms with Crippen molar-refractivity contribution in [3.63, 3.8) is 0 Å². The van der Waals surface area contributed by atoms with Gasteiger partial charge in [-0.3, -0.25) is 4.79 Å². The Morgan fingerprint density at radius 2 is 1.86 bits per heavy atom. The van der Waals surface area contributed by atoms with Gasteiger partial charge in [0.2, 0.25) is 15.9 Å². The minimum atomic E-state index is -3.72. The molecule has 0 aliphatic rings. The molecule has 2 rings (SSSR count). The zero-order valence-electron chi connectivity index (χ0n) is 11.7. The van der Waals surface area contributed by atoms with Gasteiger partial charge in [-0.2, -0.15) is 0 Å². The van der Waals surface area contributed by atoms with Crippen LogP contribution >= 0.6 is 11.6 Å². The smallest absolute Gasteiger partial charge is 0.241 e. The SMILES string of the molecule is Cc1ccc(S(=O)(=O)NCC(=O)Nc2ccc(Cl)nc2)cc1. The number of sulfonamides is 1. The molecule has 1 heterocycles. The van der Waals surface area contributed by atoms with Gasteiger partial charge >= 0.3 is 0 Å². The molecule has 1 amide bonds. The van der Waals surface area contributed by atoms with E-state index in [1.807, 2.05) is 6.92 Å². The van der Waals surface area contributed by atoms with Crippen LogP contribution in [0.4, 0.5) is 5.69 Å². The number of anilines is 1. The predicted molar refractivity (Wildman–Crippen MR) is 84.2 cm³/mol. The van der Waals surface area contributed by atoms with Gasteiger partial charge in [-0.1, -0.05) is 29.3 Å². The van der Waals surface area contributed by atoms with E-state index in [4.69, 9.17) is 11.6 Å². The van der Waals surface area contributed by atoms with E-state index >= 15 is 0 Å². The highest BCUT2D eigenvalue weighted by molar-refractivity contribution is 7.89. The zero-order valence-corrected chi connectivity index (χ0v) is 13.3. The highest BCUT2D eigenvalue weighted by atomic mass is 35.5. The third-order valence-electron chi connectivity index (χ3n) is 2.77. The fraction of sp³-hybridized carbons (Fsp3) is 0.143. The first-order chi connectivity index (χ1) is 10.4. The molecule has 0 radical (unpaired) electrons. The minimum Gasteiger partial charge on any atom is -0.324 e. The molecule has 0 saturated carbocycles. The fourth-order valence-corrected chi connectivity index (χ4v) is 2.71. The largest absolute Gasteiger partial charge is 0.324 e. The number of rotatable bonds is 5. The lowest BCUT2D eigenvalue weighted by Gasteiger charge is -2.08. The normalized spacial score (nSPS) is 11.2. The molecule has 0 spiro atoms. The Hall–Kier alpha value is -1.96. The van der Waals surface area contributed by atoms with Crippen LogP contribution in [-0.4, -0.2) is 25.9 Å². The number of benzene rings is 1. The molecule has 0 aliphatic carbocycles. The molecule has 2 N–H and O–H groups in total. The molecule has 0 bridgehead atoms. The highest BCUT2D eigenvalue weighted by Crippen LogP contribution is 2.11. The summed E-state index contributed by atoms with van der Waals surface area (Å²) >= 11 is 5.63.